The van der Waals surface area contributed by atoms with Gasteiger partial charge in [0.25, 0.3) is 0 Å². The number of halogens is 3. The largest absolute Gasteiger partial charge is 0.220 e. The van der Waals surface area contributed by atoms with Gasteiger partial charge < -0.3 is 0 Å². The van der Waals surface area contributed by atoms with E-state index in [2.05, 4.69) is 9.97 Å². The molecule has 1 heterocycles. The van der Waals surface area contributed by atoms with Gasteiger partial charge in [0.05, 0.1) is 5.56 Å². The third-order valence-electron chi connectivity index (χ3n) is 3.92. The number of hydrogen-bond donors (Lipinski definition) is 0. The third-order valence-corrected chi connectivity index (χ3v) is 4.47. The molecule has 1 aliphatic rings. The maximum absolute atomic E-state index is 13.4. The SMILES string of the molecule is Fc1cccc(-c2c(Cl)nc(C3CCCCC3)nc2Cl)c1. The zero-order valence-corrected chi connectivity index (χ0v) is 13.0. The van der Waals surface area contributed by atoms with Gasteiger partial charge in [-0.05, 0) is 30.5 Å². The molecule has 1 saturated carbocycles. The molecule has 0 radical (unpaired) electrons. The number of benzene rings is 1. The van der Waals surface area contributed by atoms with Crippen molar-refractivity contribution >= 4 is 23.2 Å². The van der Waals surface area contributed by atoms with Crippen LogP contribution in [0.5, 0.6) is 0 Å². The van der Waals surface area contributed by atoms with Crippen molar-refractivity contribution in [3.8, 4) is 11.1 Å². The van der Waals surface area contributed by atoms with Crippen LogP contribution >= 0.6 is 23.2 Å². The first-order valence-corrected chi connectivity index (χ1v) is 7.89. The summed E-state index contributed by atoms with van der Waals surface area (Å²) in [7, 11) is 0. The molecule has 110 valence electrons. The van der Waals surface area contributed by atoms with Gasteiger partial charge in [-0.1, -0.05) is 54.6 Å². The van der Waals surface area contributed by atoms with Crippen LogP contribution in [0, 0.1) is 5.82 Å². The highest BCUT2D eigenvalue weighted by molar-refractivity contribution is 6.37. The summed E-state index contributed by atoms with van der Waals surface area (Å²) in [6, 6.07) is 6.13. The Bertz CT molecular complexity index is 631. The number of aromatic nitrogens is 2. The Balaban J connectivity index is 2.00. The second-order valence-corrected chi connectivity index (χ2v) is 6.10. The lowest BCUT2D eigenvalue weighted by Gasteiger charge is -2.21. The minimum absolute atomic E-state index is 0.293. The van der Waals surface area contributed by atoms with Crippen molar-refractivity contribution in [1.29, 1.82) is 0 Å². The molecule has 21 heavy (non-hydrogen) atoms. The van der Waals surface area contributed by atoms with E-state index in [1.165, 1.54) is 31.4 Å². The van der Waals surface area contributed by atoms with Gasteiger partial charge in [0.1, 0.15) is 21.9 Å². The van der Waals surface area contributed by atoms with Gasteiger partial charge in [0.15, 0.2) is 0 Å². The molecule has 2 aromatic rings. The summed E-state index contributed by atoms with van der Waals surface area (Å²) in [6.45, 7) is 0. The standard InChI is InChI=1S/C16H15Cl2FN2/c17-14-13(11-7-4-8-12(19)9-11)15(18)21-16(20-14)10-5-2-1-3-6-10/h4,7-10H,1-3,5-6H2. The molecule has 0 unspecified atom stereocenters. The van der Waals surface area contributed by atoms with Gasteiger partial charge in [0, 0.05) is 5.92 Å². The summed E-state index contributed by atoms with van der Waals surface area (Å²) >= 11 is 12.6. The van der Waals surface area contributed by atoms with Crippen LogP contribution < -0.4 is 0 Å². The van der Waals surface area contributed by atoms with Crippen molar-refractivity contribution in [3.63, 3.8) is 0 Å². The molecule has 5 heteroatoms. The molecule has 0 saturated heterocycles. The fourth-order valence-corrected chi connectivity index (χ4v) is 3.47. The van der Waals surface area contributed by atoms with Crippen molar-refractivity contribution in [2.45, 2.75) is 38.0 Å². The second kappa shape index (κ2) is 6.29. The van der Waals surface area contributed by atoms with Crippen LogP contribution in [0.25, 0.3) is 11.1 Å². The molecule has 2 nitrogen and oxygen atoms in total. The Morgan fingerprint density at radius 2 is 1.67 bits per heavy atom. The van der Waals surface area contributed by atoms with E-state index in [9.17, 15) is 4.39 Å². The molecule has 0 bridgehead atoms. The Hall–Kier alpha value is -1.19. The van der Waals surface area contributed by atoms with E-state index < -0.39 is 0 Å². The molecule has 0 N–H and O–H groups in total. The van der Waals surface area contributed by atoms with Gasteiger partial charge in [-0.25, -0.2) is 14.4 Å². The van der Waals surface area contributed by atoms with Crippen LogP contribution in [-0.2, 0) is 0 Å². The van der Waals surface area contributed by atoms with E-state index in [0.29, 0.717) is 33.2 Å². The quantitative estimate of drug-likeness (QED) is 0.668. The van der Waals surface area contributed by atoms with Gasteiger partial charge in [-0.2, -0.15) is 0 Å². The van der Waals surface area contributed by atoms with Crippen molar-refractivity contribution in [1.82, 2.24) is 9.97 Å². The summed E-state index contributed by atoms with van der Waals surface area (Å²) in [5, 5.41) is 0.586. The molecule has 1 aromatic heterocycles. The highest BCUT2D eigenvalue weighted by Gasteiger charge is 2.21. The van der Waals surface area contributed by atoms with Crippen LogP contribution in [-0.4, -0.2) is 9.97 Å². The van der Waals surface area contributed by atoms with Crippen molar-refractivity contribution in [3.05, 3.63) is 46.2 Å². The molecule has 0 amide bonds. The molecular formula is C16H15Cl2FN2. The summed E-state index contributed by atoms with van der Waals surface area (Å²) in [6.07, 6.45) is 5.79. The van der Waals surface area contributed by atoms with E-state index in [-0.39, 0.29) is 5.82 Å². The topological polar surface area (TPSA) is 25.8 Å². The molecular weight excluding hydrogens is 310 g/mol. The van der Waals surface area contributed by atoms with Crippen LogP contribution in [0.15, 0.2) is 24.3 Å². The predicted molar refractivity (Wildman–Crippen MR) is 83.3 cm³/mol. The predicted octanol–water partition coefficient (Wildman–Crippen LogP) is 5.64. The van der Waals surface area contributed by atoms with Crippen LogP contribution in [0.1, 0.15) is 43.8 Å². The second-order valence-electron chi connectivity index (χ2n) is 5.38. The first-order valence-electron chi connectivity index (χ1n) is 7.14. The molecule has 3 rings (SSSR count). The number of hydrogen-bond acceptors (Lipinski definition) is 2. The number of nitrogens with zero attached hydrogens (tertiary/aromatic N) is 2. The van der Waals surface area contributed by atoms with E-state index in [1.54, 1.807) is 12.1 Å². The zero-order chi connectivity index (χ0) is 14.8. The van der Waals surface area contributed by atoms with Gasteiger partial charge in [-0.3, -0.25) is 0 Å². The summed E-state index contributed by atoms with van der Waals surface area (Å²) in [5.41, 5.74) is 1.09. The number of rotatable bonds is 2. The van der Waals surface area contributed by atoms with Crippen molar-refractivity contribution in [2.75, 3.05) is 0 Å². The van der Waals surface area contributed by atoms with E-state index >= 15 is 0 Å². The Morgan fingerprint density at radius 3 is 2.29 bits per heavy atom. The Kier molecular flexibility index (Phi) is 4.41. The molecule has 0 spiro atoms. The fraction of sp³-hybridized carbons (Fsp3) is 0.375. The average Bonchev–Trinajstić information content (AvgIpc) is 2.47. The lowest BCUT2D eigenvalue weighted by atomic mass is 9.88. The Labute approximate surface area is 133 Å². The highest BCUT2D eigenvalue weighted by atomic mass is 35.5. The van der Waals surface area contributed by atoms with E-state index in [1.807, 2.05) is 0 Å². The minimum Gasteiger partial charge on any atom is -0.220 e. The van der Waals surface area contributed by atoms with Gasteiger partial charge >= 0.3 is 0 Å². The third kappa shape index (κ3) is 3.19. The first kappa shape index (κ1) is 14.7. The smallest absolute Gasteiger partial charge is 0.142 e. The molecule has 1 aromatic carbocycles. The Morgan fingerprint density at radius 1 is 1.00 bits per heavy atom. The average molecular weight is 325 g/mol. The van der Waals surface area contributed by atoms with Crippen LogP contribution in [0.3, 0.4) is 0 Å². The fourth-order valence-electron chi connectivity index (χ4n) is 2.85. The summed E-state index contributed by atoms with van der Waals surface area (Å²) in [4.78, 5) is 8.82. The van der Waals surface area contributed by atoms with Crippen molar-refractivity contribution < 1.29 is 4.39 Å². The van der Waals surface area contributed by atoms with Crippen LogP contribution in [0.4, 0.5) is 4.39 Å². The summed E-state index contributed by atoms with van der Waals surface area (Å²) in [5.74, 6) is 0.705. The van der Waals surface area contributed by atoms with Crippen LogP contribution in [0.2, 0.25) is 10.3 Å². The van der Waals surface area contributed by atoms with E-state index in [4.69, 9.17) is 23.2 Å². The molecule has 0 aliphatic heterocycles. The maximum atomic E-state index is 13.4. The minimum atomic E-state index is -0.337. The maximum Gasteiger partial charge on any atom is 0.142 e. The zero-order valence-electron chi connectivity index (χ0n) is 11.5. The first-order chi connectivity index (χ1) is 10.1. The highest BCUT2D eigenvalue weighted by Crippen LogP contribution is 2.36. The normalized spacial score (nSPS) is 16.1. The monoisotopic (exact) mass is 324 g/mol. The molecule has 0 atom stereocenters. The van der Waals surface area contributed by atoms with Gasteiger partial charge in [-0.15, -0.1) is 0 Å². The summed E-state index contributed by atoms with van der Waals surface area (Å²) < 4.78 is 13.4. The lowest BCUT2D eigenvalue weighted by Crippen LogP contribution is -2.09. The lowest BCUT2D eigenvalue weighted by molar-refractivity contribution is 0.428. The molecule has 1 aliphatic carbocycles. The van der Waals surface area contributed by atoms with E-state index in [0.717, 1.165) is 12.8 Å². The van der Waals surface area contributed by atoms with Crippen molar-refractivity contribution in [2.24, 2.45) is 0 Å². The molecule has 1 fully saturated rings. The van der Waals surface area contributed by atoms with Gasteiger partial charge in [0.2, 0.25) is 0 Å².